The van der Waals surface area contributed by atoms with Crippen LogP contribution in [0.3, 0.4) is 0 Å². The van der Waals surface area contributed by atoms with E-state index in [-0.39, 0.29) is 5.97 Å². The Kier molecular flexibility index (Phi) is 11.4. The zero-order chi connectivity index (χ0) is 13.1. The van der Waals surface area contributed by atoms with Gasteiger partial charge < -0.3 is 10.5 Å². The van der Waals surface area contributed by atoms with E-state index in [9.17, 15) is 4.79 Å². The number of aryl methyl sites for hydroxylation is 1. The molecule has 0 aliphatic carbocycles. The fourth-order valence-electron chi connectivity index (χ4n) is 0.906. The molecule has 0 aliphatic heterocycles. The van der Waals surface area contributed by atoms with Gasteiger partial charge in [0.05, 0.1) is 11.6 Å². The predicted molar refractivity (Wildman–Crippen MR) is 72.1 cm³/mol. The number of carbonyl (C=O) groups excluding carboxylic acids is 1. The minimum absolute atomic E-state index is 0.281. The second kappa shape index (κ2) is 10.5. The van der Waals surface area contributed by atoms with Crippen molar-refractivity contribution in [3.05, 3.63) is 16.5 Å². The number of rotatable bonds is 2. The van der Waals surface area contributed by atoms with Crippen LogP contribution in [0, 0.1) is 6.92 Å². The third-order valence-electron chi connectivity index (χ3n) is 1.40. The summed E-state index contributed by atoms with van der Waals surface area (Å²) in [6.07, 6.45) is 0. The van der Waals surface area contributed by atoms with Crippen LogP contribution in [0.25, 0.3) is 0 Å². The van der Waals surface area contributed by atoms with Crippen LogP contribution in [0.5, 0.6) is 0 Å². The van der Waals surface area contributed by atoms with Crippen molar-refractivity contribution in [1.29, 1.82) is 0 Å². The fourth-order valence-corrected chi connectivity index (χ4v) is 1.74. The Morgan fingerprint density at radius 2 is 1.88 bits per heavy atom. The molecule has 0 aromatic carbocycles. The van der Waals surface area contributed by atoms with Crippen molar-refractivity contribution < 1.29 is 9.53 Å². The molecule has 0 saturated heterocycles. The third-order valence-corrected chi connectivity index (χ3v) is 2.44. The smallest absolute Gasteiger partial charge is 0.348 e. The zero-order valence-corrected chi connectivity index (χ0v) is 11.9. The maximum atomic E-state index is 11.2. The Morgan fingerprint density at radius 3 is 2.19 bits per heavy atom. The van der Waals surface area contributed by atoms with E-state index in [4.69, 9.17) is 10.5 Å². The van der Waals surface area contributed by atoms with Crippen LogP contribution < -0.4 is 5.73 Å². The summed E-state index contributed by atoms with van der Waals surface area (Å²) in [5.74, 6) is -0.281. The molecule has 2 N–H and O–H groups in total. The molecule has 0 fully saturated rings. The molecular weight excluding hydrogens is 222 g/mol. The lowest BCUT2D eigenvalue weighted by atomic mass is 10.3. The van der Waals surface area contributed by atoms with E-state index in [1.54, 1.807) is 13.0 Å². The van der Waals surface area contributed by atoms with Crippen molar-refractivity contribution >= 4 is 22.3 Å². The van der Waals surface area contributed by atoms with Gasteiger partial charge in [-0.2, -0.15) is 0 Å². The Bertz CT molecular complexity index is 295. The lowest BCUT2D eigenvalue weighted by Gasteiger charge is -1.98. The highest BCUT2D eigenvalue weighted by Crippen LogP contribution is 2.24. The average Bonchev–Trinajstić information content (AvgIpc) is 2.64. The molecule has 0 unspecified atom stereocenters. The van der Waals surface area contributed by atoms with Gasteiger partial charge in [-0.05, 0) is 25.5 Å². The molecule has 3 nitrogen and oxygen atoms in total. The van der Waals surface area contributed by atoms with E-state index in [1.165, 1.54) is 11.3 Å². The molecule has 1 aromatic rings. The Balaban J connectivity index is 0. The number of thiophene rings is 1. The zero-order valence-electron chi connectivity index (χ0n) is 11.1. The van der Waals surface area contributed by atoms with Crippen molar-refractivity contribution in [2.24, 2.45) is 0 Å². The highest BCUT2D eigenvalue weighted by molar-refractivity contribution is 7.17. The van der Waals surface area contributed by atoms with Crippen molar-refractivity contribution in [2.45, 2.75) is 41.5 Å². The van der Waals surface area contributed by atoms with Crippen LogP contribution in [-0.4, -0.2) is 12.6 Å². The van der Waals surface area contributed by atoms with Gasteiger partial charge in [0, 0.05) is 0 Å². The summed E-state index contributed by atoms with van der Waals surface area (Å²) < 4.78 is 4.84. The van der Waals surface area contributed by atoms with E-state index in [0.717, 1.165) is 5.56 Å². The quantitative estimate of drug-likeness (QED) is 0.805. The predicted octanol–water partition coefficient (Wildman–Crippen LogP) is 3.87. The monoisotopic (exact) mass is 245 g/mol. The highest BCUT2D eigenvalue weighted by atomic mass is 32.1. The Labute approximate surface area is 103 Å². The van der Waals surface area contributed by atoms with Crippen molar-refractivity contribution in [3.63, 3.8) is 0 Å². The molecule has 16 heavy (non-hydrogen) atoms. The van der Waals surface area contributed by atoms with Gasteiger partial charge in [0.25, 0.3) is 0 Å². The first-order chi connectivity index (χ1) is 7.65. The molecule has 0 radical (unpaired) electrons. The van der Waals surface area contributed by atoms with Gasteiger partial charge in [-0.15, -0.1) is 11.3 Å². The molecule has 1 heterocycles. The van der Waals surface area contributed by atoms with Gasteiger partial charge in [0.2, 0.25) is 0 Å². The maximum absolute atomic E-state index is 11.2. The highest BCUT2D eigenvalue weighted by Gasteiger charge is 2.12. The van der Waals surface area contributed by atoms with Crippen molar-refractivity contribution in [1.82, 2.24) is 0 Å². The summed E-state index contributed by atoms with van der Waals surface area (Å²) in [4.78, 5) is 11.8. The number of carbonyl (C=O) groups is 1. The van der Waals surface area contributed by atoms with Crippen LogP contribution in [0.4, 0.5) is 5.00 Å². The molecule has 1 aromatic heterocycles. The first-order valence-electron chi connectivity index (χ1n) is 5.68. The lowest BCUT2D eigenvalue weighted by Crippen LogP contribution is -2.03. The van der Waals surface area contributed by atoms with Crippen LogP contribution in [0.2, 0.25) is 0 Å². The summed E-state index contributed by atoms with van der Waals surface area (Å²) in [6.45, 7) is 12.0. The fraction of sp³-hybridized carbons (Fsp3) is 0.583. The normalized spacial score (nSPS) is 8.12. The molecule has 0 spiro atoms. The van der Waals surface area contributed by atoms with Crippen LogP contribution in [0.15, 0.2) is 6.07 Å². The summed E-state index contributed by atoms with van der Waals surface area (Å²) in [5.41, 5.74) is 6.41. The van der Waals surface area contributed by atoms with Gasteiger partial charge >= 0.3 is 5.97 Å². The first kappa shape index (κ1) is 17.4. The minimum Gasteiger partial charge on any atom is -0.462 e. The molecule has 0 saturated carbocycles. The van der Waals surface area contributed by atoms with E-state index in [1.807, 2.05) is 34.6 Å². The standard InChI is InChI=1S/C8H11NO2S.2C2H6/c1-3-11-8(10)7-5(2)4-6(9)12-7;2*1-2/h4H,3,9H2,1-2H3;2*1-2H3. The lowest BCUT2D eigenvalue weighted by molar-refractivity contribution is 0.0531. The molecule has 0 atom stereocenters. The van der Waals surface area contributed by atoms with Crippen LogP contribution in [0.1, 0.15) is 49.9 Å². The van der Waals surface area contributed by atoms with Gasteiger partial charge in [0.15, 0.2) is 0 Å². The van der Waals surface area contributed by atoms with Crippen molar-refractivity contribution in [2.75, 3.05) is 12.3 Å². The molecule has 1 rings (SSSR count). The molecule has 94 valence electrons. The van der Waals surface area contributed by atoms with E-state index >= 15 is 0 Å². The van der Waals surface area contributed by atoms with Gasteiger partial charge in [0.1, 0.15) is 4.88 Å². The van der Waals surface area contributed by atoms with Crippen LogP contribution in [-0.2, 0) is 4.74 Å². The minimum atomic E-state index is -0.281. The van der Waals surface area contributed by atoms with Gasteiger partial charge in [-0.1, -0.05) is 27.7 Å². The second-order valence-corrected chi connectivity index (χ2v) is 3.47. The number of ether oxygens (including phenoxy) is 1. The number of hydrogen-bond acceptors (Lipinski definition) is 4. The van der Waals surface area contributed by atoms with E-state index in [0.29, 0.717) is 16.5 Å². The summed E-state index contributed by atoms with van der Waals surface area (Å²) >= 11 is 1.27. The maximum Gasteiger partial charge on any atom is 0.348 e. The Hall–Kier alpha value is -1.03. The number of nitrogen functional groups attached to an aromatic ring is 1. The van der Waals surface area contributed by atoms with Gasteiger partial charge in [-0.25, -0.2) is 4.79 Å². The number of hydrogen-bond donors (Lipinski definition) is 1. The Morgan fingerprint density at radius 1 is 1.38 bits per heavy atom. The average molecular weight is 245 g/mol. The largest absolute Gasteiger partial charge is 0.462 e. The molecular formula is C12H23NO2S. The molecule has 0 amide bonds. The van der Waals surface area contributed by atoms with Gasteiger partial charge in [-0.3, -0.25) is 0 Å². The van der Waals surface area contributed by atoms with E-state index in [2.05, 4.69) is 0 Å². The molecule has 0 aliphatic rings. The number of esters is 1. The number of anilines is 1. The molecule has 4 heteroatoms. The summed E-state index contributed by atoms with van der Waals surface area (Å²) in [5, 5.41) is 0.649. The number of nitrogens with two attached hydrogens (primary N) is 1. The first-order valence-corrected chi connectivity index (χ1v) is 6.49. The van der Waals surface area contributed by atoms with E-state index < -0.39 is 0 Å². The third kappa shape index (κ3) is 5.75. The second-order valence-electron chi connectivity index (χ2n) is 2.38. The SMILES string of the molecule is CC.CC.CCOC(=O)c1sc(N)cc1C. The summed E-state index contributed by atoms with van der Waals surface area (Å²) in [7, 11) is 0. The molecule has 0 bridgehead atoms. The summed E-state index contributed by atoms with van der Waals surface area (Å²) in [6, 6.07) is 1.77. The van der Waals surface area contributed by atoms with Crippen LogP contribution >= 0.6 is 11.3 Å². The van der Waals surface area contributed by atoms with Crippen molar-refractivity contribution in [3.8, 4) is 0 Å². The topological polar surface area (TPSA) is 52.3 Å².